The molecule has 33 heavy (non-hydrogen) atoms. The first-order chi connectivity index (χ1) is 15.7. The van der Waals surface area contributed by atoms with Crippen LogP contribution in [0.5, 0.6) is 5.75 Å². The van der Waals surface area contributed by atoms with E-state index in [2.05, 4.69) is 10.3 Å². The molecule has 0 unspecified atom stereocenters. The molecule has 0 fully saturated rings. The molecule has 0 aliphatic heterocycles. The molecule has 4 aromatic rings. The van der Waals surface area contributed by atoms with Crippen LogP contribution in [0.2, 0.25) is 10.0 Å². The van der Waals surface area contributed by atoms with E-state index < -0.39 is 17.7 Å². The van der Waals surface area contributed by atoms with Crippen molar-refractivity contribution in [3.63, 3.8) is 0 Å². The molecule has 2 aromatic carbocycles. The average Bonchev–Trinajstić information content (AvgIpc) is 3.13. The molecule has 0 atom stereocenters. The molecule has 3 N–H and O–H groups in total. The molecular weight excluding hydrogens is 469 g/mol. The molecule has 0 bridgehead atoms. The number of nitrogens with one attached hydrogen (secondary N) is 1. The molecule has 2 aromatic heterocycles. The number of carbonyl (C=O) groups excluding carboxylic acids is 2. The van der Waals surface area contributed by atoms with Gasteiger partial charge in [-0.25, -0.2) is 4.79 Å². The summed E-state index contributed by atoms with van der Waals surface area (Å²) in [5.74, 6) is -2.98. The van der Waals surface area contributed by atoms with Crippen LogP contribution >= 0.6 is 23.2 Å². The Bertz CT molecular complexity index is 1410. The molecule has 0 saturated heterocycles. The number of carboxylic acids is 1. The fourth-order valence-corrected chi connectivity index (χ4v) is 3.88. The zero-order chi connectivity index (χ0) is 23.7. The first-order valence-corrected chi connectivity index (χ1v) is 10.3. The number of hydrogen-bond donors (Lipinski definition) is 3. The van der Waals surface area contributed by atoms with Crippen LogP contribution < -0.4 is 5.32 Å². The normalized spacial score (nSPS) is 10.8. The Hall–Kier alpha value is -3.88. The van der Waals surface area contributed by atoms with E-state index in [9.17, 15) is 24.6 Å². The number of anilines is 1. The van der Waals surface area contributed by atoms with Crippen LogP contribution in [0.1, 0.15) is 26.3 Å². The van der Waals surface area contributed by atoms with Gasteiger partial charge in [-0.1, -0.05) is 35.3 Å². The molecule has 0 radical (unpaired) electrons. The number of rotatable bonds is 6. The molecule has 2 heterocycles. The first-order valence-electron chi connectivity index (χ1n) is 9.53. The lowest BCUT2D eigenvalue weighted by molar-refractivity contribution is -0.112. The Morgan fingerprint density at radius 2 is 1.76 bits per heavy atom. The van der Waals surface area contributed by atoms with Crippen molar-refractivity contribution >= 4 is 57.5 Å². The summed E-state index contributed by atoms with van der Waals surface area (Å²) in [6.45, 7) is 0.235. The second kappa shape index (κ2) is 8.93. The standard InChI is InChI=1S/C23H15Cl2N3O5/c24-17-8-26-9-18(25)20(17)27-22(31)21(30)16-11-28(19-5-4-14(29)7-15(16)19)10-12-2-1-3-13(6-12)23(32)33/h1-9,11,29H,10H2,(H,32,33)(H,26,27,31). The molecule has 0 spiro atoms. The number of aromatic nitrogens is 2. The number of benzene rings is 2. The van der Waals surface area contributed by atoms with Gasteiger partial charge < -0.3 is 20.1 Å². The number of aromatic carboxylic acids is 1. The maximum atomic E-state index is 13.0. The van der Waals surface area contributed by atoms with Crippen molar-refractivity contribution < 1.29 is 24.6 Å². The molecule has 1 amide bonds. The topological polar surface area (TPSA) is 122 Å². The van der Waals surface area contributed by atoms with Crippen molar-refractivity contribution in [1.29, 1.82) is 0 Å². The van der Waals surface area contributed by atoms with E-state index in [-0.39, 0.29) is 39.2 Å². The molecule has 8 nitrogen and oxygen atoms in total. The second-order valence-corrected chi connectivity index (χ2v) is 7.95. The minimum absolute atomic E-state index is 0.0501. The third-order valence-corrected chi connectivity index (χ3v) is 5.51. The number of amides is 1. The van der Waals surface area contributed by atoms with Crippen molar-refractivity contribution in [1.82, 2.24) is 9.55 Å². The summed E-state index contributed by atoms with van der Waals surface area (Å²) in [6, 6.07) is 10.8. The quantitative estimate of drug-likeness (QED) is 0.271. The van der Waals surface area contributed by atoms with Crippen LogP contribution in [0.15, 0.2) is 61.1 Å². The number of carbonyl (C=O) groups is 3. The number of carboxylic acid groups (broad SMARTS) is 1. The number of halogens is 2. The zero-order valence-corrected chi connectivity index (χ0v) is 18.3. The Balaban J connectivity index is 1.71. The molecule has 0 saturated carbocycles. The lowest BCUT2D eigenvalue weighted by Gasteiger charge is -2.07. The fraction of sp³-hybridized carbons (Fsp3) is 0.0435. The highest BCUT2D eigenvalue weighted by atomic mass is 35.5. The first kappa shape index (κ1) is 22.3. The molecule has 0 aliphatic carbocycles. The number of Topliss-reactive ketones (excluding diaryl/α,β-unsaturated/α-hetero) is 1. The van der Waals surface area contributed by atoms with Crippen LogP contribution in [-0.2, 0) is 11.3 Å². The lowest BCUT2D eigenvalue weighted by Crippen LogP contribution is -2.23. The minimum atomic E-state index is -1.06. The van der Waals surface area contributed by atoms with Gasteiger partial charge in [-0.15, -0.1) is 0 Å². The monoisotopic (exact) mass is 483 g/mol. The Morgan fingerprint density at radius 3 is 2.45 bits per heavy atom. The molecule has 0 aliphatic rings. The summed E-state index contributed by atoms with van der Waals surface area (Å²) >= 11 is 12.0. The number of phenolic OH excluding ortho intramolecular Hbond substituents is 1. The highest BCUT2D eigenvalue weighted by Gasteiger charge is 2.24. The Kier molecular flexibility index (Phi) is 6.04. The van der Waals surface area contributed by atoms with E-state index in [1.165, 1.54) is 42.9 Å². The largest absolute Gasteiger partial charge is 0.508 e. The van der Waals surface area contributed by atoms with Gasteiger partial charge in [-0.2, -0.15) is 0 Å². The Labute approximate surface area is 197 Å². The van der Waals surface area contributed by atoms with E-state index in [0.29, 0.717) is 16.5 Å². The van der Waals surface area contributed by atoms with Gasteiger partial charge in [0.2, 0.25) is 0 Å². The van der Waals surface area contributed by atoms with E-state index in [0.717, 1.165) is 0 Å². The van der Waals surface area contributed by atoms with Gasteiger partial charge in [0.15, 0.2) is 0 Å². The van der Waals surface area contributed by atoms with E-state index in [1.807, 2.05) is 0 Å². The third-order valence-electron chi connectivity index (χ3n) is 4.93. The SMILES string of the molecule is O=C(Nc1c(Cl)cncc1Cl)C(=O)c1cn(Cc2cccc(C(=O)O)c2)c2ccc(O)cc12. The number of hydrogen-bond acceptors (Lipinski definition) is 5. The Morgan fingerprint density at radius 1 is 1.03 bits per heavy atom. The van der Waals surface area contributed by atoms with Crippen molar-refractivity contribution in [2.45, 2.75) is 6.54 Å². The van der Waals surface area contributed by atoms with Gasteiger partial charge in [-0.05, 0) is 35.9 Å². The number of ketones is 1. The summed E-state index contributed by atoms with van der Waals surface area (Å²) in [7, 11) is 0. The van der Waals surface area contributed by atoms with Crippen LogP contribution in [0, 0.1) is 0 Å². The predicted octanol–water partition coefficient (Wildman–Crippen LogP) is 4.62. The van der Waals surface area contributed by atoms with Crippen molar-refractivity contribution in [3.8, 4) is 5.75 Å². The van der Waals surface area contributed by atoms with Gasteiger partial charge >= 0.3 is 5.97 Å². The summed E-state index contributed by atoms with van der Waals surface area (Å²) in [5.41, 5.74) is 1.49. The smallest absolute Gasteiger partial charge is 0.335 e. The van der Waals surface area contributed by atoms with Crippen LogP contribution in [0.25, 0.3) is 10.9 Å². The lowest BCUT2D eigenvalue weighted by atomic mass is 10.1. The predicted molar refractivity (Wildman–Crippen MR) is 123 cm³/mol. The fourth-order valence-electron chi connectivity index (χ4n) is 3.42. The van der Waals surface area contributed by atoms with Crippen LogP contribution in [0.4, 0.5) is 5.69 Å². The summed E-state index contributed by atoms with van der Waals surface area (Å²) in [4.78, 5) is 40.8. The summed E-state index contributed by atoms with van der Waals surface area (Å²) in [6.07, 6.45) is 4.04. The van der Waals surface area contributed by atoms with Crippen molar-refractivity contribution in [2.24, 2.45) is 0 Å². The van der Waals surface area contributed by atoms with Gasteiger partial charge in [0, 0.05) is 36.0 Å². The highest BCUT2D eigenvalue weighted by Crippen LogP contribution is 2.30. The van der Waals surface area contributed by atoms with Crippen molar-refractivity contribution in [2.75, 3.05) is 5.32 Å². The van der Waals surface area contributed by atoms with Gasteiger partial charge in [0.05, 0.1) is 26.9 Å². The number of fused-ring (bicyclic) bond motifs is 1. The highest BCUT2D eigenvalue weighted by molar-refractivity contribution is 6.50. The summed E-state index contributed by atoms with van der Waals surface area (Å²) in [5, 5.41) is 22.1. The van der Waals surface area contributed by atoms with Crippen LogP contribution in [-0.4, -0.2) is 37.4 Å². The maximum absolute atomic E-state index is 13.0. The summed E-state index contributed by atoms with van der Waals surface area (Å²) < 4.78 is 1.70. The maximum Gasteiger partial charge on any atom is 0.335 e. The second-order valence-electron chi connectivity index (χ2n) is 7.14. The van der Waals surface area contributed by atoms with E-state index in [1.54, 1.807) is 22.8 Å². The minimum Gasteiger partial charge on any atom is -0.508 e. The van der Waals surface area contributed by atoms with Gasteiger partial charge in [-0.3, -0.25) is 14.6 Å². The van der Waals surface area contributed by atoms with Crippen LogP contribution in [0.3, 0.4) is 0 Å². The van der Waals surface area contributed by atoms with Crippen molar-refractivity contribution in [3.05, 3.63) is 87.8 Å². The number of nitrogens with zero attached hydrogens (tertiary/aromatic N) is 2. The van der Waals surface area contributed by atoms with E-state index >= 15 is 0 Å². The number of aromatic hydroxyl groups is 1. The van der Waals surface area contributed by atoms with Gasteiger partial charge in [0.1, 0.15) is 5.75 Å². The molecular formula is C23H15Cl2N3O5. The molecule has 166 valence electrons. The van der Waals surface area contributed by atoms with Gasteiger partial charge in [0.25, 0.3) is 11.7 Å². The van der Waals surface area contributed by atoms with E-state index in [4.69, 9.17) is 23.2 Å². The number of pyridine rings is 1. The molecule has 4 rings (SSSR count). The molecule has 10 heteroatoms. The zero-order valence-electron chi connectivity index (χ0n) is 16.8. The average molecular weight is 484 g/mol. The third kappa shape index (κ3) is 4.52. The number of phenols is 1.